The van der Waals surface area contributed by atoms with E-state index in [2.05, 4.69) is 15.1 Å². The van der Waals surface area contributed by atoms with Gasteiger partial charge in [0.05, 0.1) is 23.3 Å². The number of carbonyl (C=O) groups is 3. The quantitative estimate of drug-likeness (QED) is 0.355. The molecule has 0 radical (unpaired) electrons. The predicted molar refractivity (Wildman–Crippen MR) is 123 cm³/mol. The van der Waals surface area contributed by atoms with Gasteiger partial charge in [-0.1, -0.05) is 35.9 Å². The maximum atomic E-state index is 14.6. The monoisotopic (exact) mass is 444 g/mol. The van der Waals surface area contributed by atoms with Crippen LogP contribution in [-0.2, 0) is 9.59 Å². The number of aromatic nitrogens is 1. The van der Waals surface area contributed by atoms with E-state index in [9.17, 15) is 18.8 Å². The van der Waals surface area contributed by atoms with Crippen LogP contribution in [0.2, 0.25) is 0 Å². The largest absolute Gasteiger partial charge is 0.359 e. The lowest BCUT2D eigenvalue weighted by molar-refractivity contribution is -0.126. The van der Waals surface area contributed by atoms with Crippen molar-refractivity contribution in [3.63, 3.8) is 0 Å². The number of Topliss-reactive ketones (excluding diaryl/α,β-unsaturated/α-hetero) is 1. The number of nitrogens with one attached hydrogen (secondary N) is 2. The summed E-state index contributed by atoms with van der Waals surface area (Å²) in [5.41, 5.74) is 2.86. The highest BCUT2D eigenvalue weighted by Crippen LogP contribution is 2.31. The van der Waals surface area contributed by atoms with Crippen LogP contribution in [0.25, 0.3) is 21.4 Å². The summed E-state index contributed by atoms with van der Waals surface area (Å²) in [6.45, 7) is 9.48. The summed E-state index contributed by atoms with van der Waals surface area (Å²) in [6, 6.07) is 11.9. The predicted octanol–water partition coefficient (Wildman–Crippen LogP) is 4.40. The van der Waals surface area contributed by atoms with Crippen molar-refractivity contribution in [2.24, 2.45) is 0 Å². The Hall–Kier alpha value is -4.25. The third kappa shape index (κ3) is 4.26. The summed E-state index contributed by atoms with van der Waals surface area (Å²) < 4.78 is 14.6. The number of anilines is 1. The Labute approximate surface area is 189 Å². The van der Waals surface area contributed by atoms with Crippen molar-refractivity contribution in [3.05, 3.63) is 82.6 Å². The fourth-order valence-electron chi connectivity index (χ4n) is 4.10. The molecule has 1 fully saturated rings. The summed E-state index contributed by atoms with van der Waals surface area (Å²) in [5, 5.41) is 2.55. The molecular weight excluding hydrogens is 423 g/mol. The number of benzene rings is 2. The molecule has 4 rings (SSSR count). The van der Waals surface area contributed by atoms with E-state index in [1.165, 1.54) is 24.1 Å². The molecule has 0 aliphatic carbocycles. The van der Waals surface area contributed by atoms with E-state index >= 15 is 0 Å². The van der Waals surface area contributed by atoms with Gasteiger partial charge in [-0.15, -0.1) is 0 Å². The Bertz CT molecular complexity index is 1320. The minimum absolute atomic E-state index is 0.0310. The van der Waals surface area contributed by atoms with Gasteiger partial charge in [0.1, 0.15) is 5.82 Å². The minimum Gasteiger partial charge on any atom is -0.359 e. The van der Waals surface area contributed by atoms with Crippen molar-refractivity contribution in [1.29, 1.82) is 0 Å². The molecule has 3 aromatic rings. The first-order valence-electron chi connectivity index (χ1n) is 10.5. The molecule has 166 valence electrons. The van der Waals surface area contributed by atoms with Gasteiger partial charge in [-0.2, -0.15) is 0 Å². The van der Waals surface area contributed by atoms with Crippen molar-refractivity contribution >= 4 is 39.9 Å². The number of hydrogen-bond donors (Lipinski definition) is 2. The first-order chi connectivity index (χ1) is 15.9. The van der Waals surface area contributed by atoms with E-state index in [0.717, 1.165) is 17.2 Å². The van der Waals surface area contributed by atoms with Crippen molar-refractivity contribution in [2.45, 2.75) is 19.8 Å². The normalized spacial score (nSPS) is 13.5. The Kier molecular flexibility index (Phi) is 6.05. The molecule has 0 atom stereocenters. The summed E-state index contributed by atoms with van der Waals surface area (Å²) in [7, 11) is 0. The number of H-pyrrole nitrogens is 1. The highest BCUT2D eigenvalue weighted by molar-refractivity contribution is 6.45. The number of halogens is 1. The second kappa shape index (κ2) is 9.09. The molecule has 0 saturated carbocycles. The van der Waals surface area contributed by atoms with E-state index in [0.29, 0.717) is 37.3 Å². The average molecular weight is 444 g/mol. The second-order valence-corrected chi connectivity index (χ2v) is 7.78. The lowest BCUT2D eigenvalue weighted by Crippen LogP contribution is -2.40. The standard InChI is InChI=1S/C25H21FN4O3/c1-15(31)29-20-9-8-19(26)21-18(14-28-23(20)21)24(32)25(33)30-12-10-17(11-13-30)22(27-2)16-6-4-3-5-7-16/h3-9,14,28H,10-13H2,1H3,(H,29,31). The molecule has 2 heterocycles. The van der Waals surface area contributed by atoms with Crippen LogP contribution in [0, 0.1) is 12.4 Å². The lowest BCUT2D eigenvalue weighted by Gasteiger charge is -2.28. The summed E-state index contributed by atoms with van der Waals surface area (Å²) >= 11 is 0. The van der Waals surface area contributed by atoms with Gasteiger partial charge in [0.2, 0.25) is 5.91 Å². The fourth-order valence-corrected chi connectivity index (χ4v) is 4.10. The number of likely N-dealkylation sites (tertiary alicyclic amines) is 1. The van der Waals surface area contributed by atoms with E-state index in [-0.39, 0.29) is 22.4 Å². The molecule has 7 nitrogen and oxygen atoms in total. The van der Waals surface area contributed by atoms with Gasteiger partial charge in [-0.05, 0) is 30.5 Å². The number of ketones is 1. The molecule has 2 amide bonds. The maximum Gasteiger partial charge on any atom is 0.295 e. The van der Waals surface area contributed by atoms with Crippen LogP contribution in [0.15, 0.2) is 54.2 Å². The molecule has 0 spiro atoms. The molecule has 33 heavy (non-hydrogen) atoms. The van der Waals surface area contributed by atoms with Gasteiger partial charge in [-0.3, -0.25) is 14.4 Å². The number of rotatable bonds is 4. The Morgan fingerprint density at radius 1 is 1.09 bits per heavy atom. The topological polar surface area (TPSA) is 86.6 Å². The van der Waals surface area contributed by atoms with E-state index in [1.54, 1.807) is 0 Å². The highest BCUT2D eigenvalue weighted by Gasteiger charge is 2.29. The first-order valence-corrected chi connectivity index (χ1v) is 10.5. The number of piperidine rings is 1. The van der Waals surface area contributed by atoms with E-state index in [1.807, 2.05) is 30.3 Å². The molecule has 0 bridgehead atoms. The third-order valence-corrected chi connectivity index (χ3v) is 5.68. The molecule has 2 aromatic carbocycles. The van der Waals surface area contributed by atoms with Crippen LogP contribution in [0.1, 0.15) is 35.7 Å². The van der Waals surface area contributed by atoms with Crippen molar-refractivity contribution in [2.75, 3.05) is 18.4 Å². The number of nitrogens with zero attached hydrogens (tertiary/aromatic N) is 2. The van der Waals surface area contributed by atoms with Crippen LogP contribution < -0.4 is 5.32 Å². The zero-order valence-electron chi connectivity index (χ0n) is 17.9. The van der Waals surface area contributed by atoms with E-state index in [4.69, 9.17) is 6.57 Å². The number of fused-ring (bicyclic) bond motifs is 1. The molecule has 2 N–H and O–H groups in total. The zero-order chi connectivity index (χ0) is 23.5. The molecule has 1 aliphatic rings. The SMILES string of the molecule is [C-]#[N+]C(=C1CCN(C(=O)C(=O)c2c[nH]c3c(NC(C)=O)ccc(F)c23)CC1)c1ccccc1. The van der Waals surface area contributed by atoms with Crippen LogP contribution in [-0.4, -0.2) is 40.6 Å². The van der Waals surface area contributed by atoms with Crippen LogP contribution >= 0.6 is 0 Å². The molecule has 1 aromatic heterocycles. The molecule has 1 aliphatic heterocycles. The summed E-state index contributed by atoms with van der Waals surface area (Å²) in [5.74, 6) is -2.54. The third-order valence-electron chi connectivity index (χ3n) is 5.68. The second-order valence-electron chi connectivity index (χ2n) is 7.78. The van der Waals surface area contributed by atoms with Gasteiger partial charge >= 0.3 is 0 Å². The molecule has 8 heteroatoms. The van der Waals surface area contributed by atoms with Crippen LogP contribution in [0.4, 0.5) is 10.1 Å². The van der Waals surface area contributed by atoms with Crippen LogP contribution in [0.5, 0.6) is 0 Å². The van der Waals surface area contributed by atoms with Gasteiger partial charge in [-0.25, -0.2) is 9.24 Å². The van der Waals surface area contributed by atoms with E-state index < -0.39 is 17.5 Å². The van der Waals surface area contributed by atoms with Crippen molar-refractivity contribution in [3.8, 4) is 0 Å². The number of aromatic amines is 1. The van der Waals surface area contributed by atoms with Crippen molar-refractivity contribution < 1.29 is 18.8 Å². The minimum atomic E-state index is -0.819. The van der Waals surface area contributed by atoms with Gasteiger partial charge in [0, 0.05) is 31.6 Å². The zero-order valence-corrected chi connectivity index (χ0v) is 17.9. The number of amides is 2. The Morgan fingerprint density at radius 2 is 1.79 bits per heavy atom. The number of hydrogen-bond acceptors (Lipinski definition) is 3. The van der Waals surface area contributed by atoms with Gasteiger partial charge in [0.25, 0.3) is 11.7 Å². The number of carbonyl (C=O) groups excluding carboxylic acids is 3. The van der Waals surface area contributed by atoms with Gasteiger partial charge in [0.15, 0.2) is 5.70 Å². The summed E-state index contributed by atoms with van der Waals surface area (Å²) in [6.07, 6.45) is 2.27. The maximum absolute atomic E-state index is 14.6. The van der Waals surface area contributed by atoms with Gasteiger partial charge < -0.3 is 15.2 Å². The molecule has 1 saturated heterocycles. The lowest BCUT2D eigenvalue weighted by atomic mass is 9.97. The Morgan fingerprint density at radius 3 is 2.42 bits per heavy atom. The van der Waals surface area contributed by atoms with Crippen LogP contribution in [0.3, 0.4) is 0 Å². The molecule has 0 unspecified atom stereocenters. The highest BCUT2D eigenvalue weighted by atomic mass is 19.1. The molecular formula is C25H21FN4O3. The first kappa shape index (κ1) is 22.0. The summed E-state index contributed by atoms with van der Waals surface area (Å²) in [4.78, 5) is 45.2. The van der Waals surface area contributed by atoms with Crippen molar-refractivity contribution in [1.82, 2.24) is 9.88 Å². The smallest absolute Gasteiger partial charge is 0.295 e. The fraction of sp³-hybridized carbons (Fsp3) is 0.200. The average Bonchev–Trinajstić information content (AvgIpc) is 3.28. The Balaban J connectivity index is 1.55.